The number of nitrogens with one attached hydrogen (secondary N) is 1. The summed E-state index contributed by atoms with van der Waals surface area (Å²) >= 11 is 0. The smallest absolute Gasteiger partial charge is 0.390 e. The van der Waals surface area contributed by atoms with Crippen LogP contribution in [0.2, 0.25) is 0 Å². The number of carbonyl (C=O) groups excluding carboxylic acids is 2. The minimum atomic E-state index is -4.44. The van der Waals surface area contributed by atoms with Crippen molar-refractivity contribution >= 4 is 17.6 Å². The van der Waals surface area contributed by atoms with E-state index in [-0.39, 0.29) is 18.2 Å². The number of pyridine rings is 1. The molecule has 1 radical (unpaired) electrons. The number of nitrogens with zero attached hydrogens (tertiary/aromatic N) is 2. The molecule has 0 saturated heterocycles. The molecule has 3 aromatic rings. The van der Waals surface area contributed by atoms with Crippen LogP contribution < -0.4 is 5.32 Å². The van der Waals surface area contributed by atoms with Crippen molar-refractivity contribution in [2.45, 2.75) is 76.6 Å². The highest BCUT2D eigenvalue weighted by atomic mass is 19.4. The summed E-state index contributed by atoms with van der Waals surface area (Å²) in [4.78, 5) is 30.3. The summed E-state index contributed by atoms with van der Waals surface area (Å²) in [5.74, 6) is 0.920. The zero-order chi connectivity index (χ0) is 30.8. The Hall–Kier alpha value is -3.72. The molecule has 227 valence electrons. The first kappa shape index (κ1) is 30.7. The van der Waals surface area contributed by atoms with E-state index in [9.17, 15) is 27.9 Å². The van der Waals surface area contributed by atoms with E-state index in [1.807, 2.05) is 43.3 Å². The van der Waals surface area contributed by atoms with Crippen LogP contribution in [0.1, 0.15) is 64.4 Å². The van der Waals surface area contributed by atoms with Gasteiger partial charge in [-0.2, -0.15) is 13.2 Å². The molecule has 2 saturated carbocycles. The van der Waals surface area contributed by atoms with Gasteiger partial charge in [-0.25, -0.2) is 4.98 Å². The van der Waals surface area contributed by atoms with Crippen LogP contribution in [0.15, 0.2) is 66.9 Å². The minimum Gasteiger partial charge on any atom is -0.390 e. The molecule has 0 unspecified atom stereocenters. The molecule has 1 aromatic heterocycles. The first-order valence-corrected chi connectivity index (χ1v) is 14.7. The minimum absolute atomic E-state index is 0.0274. The van der Waals surface area contributed by atoms with E-state index in [0.717, 1.165) is 32.7 Å². The van der Waals surface area contributed by atoms with Gasteiger partial charge in [-0.3, -0.25) is 9.59 Å². The molecule has 0 spiro atoms. The number of benzene rings is 2. The maximum atomic E-state index is 13.0. The Kier molecular flexibility index (Phi) is 8.92. The van der Waals surface area contributed by atoms with Crippen molar-refractivity contribution < 1.29 is 27.9 Å². The molecule has 2 aliphatic carbocycles. The fourth-order valence-electron chi connectivity index (χ4n) is 6.37. The van der Waals surface area contributed by atoms with Crippen LogP contribution in [0.5, 0.6) is 0 Å². The van der Waals surface area contributed by atoms with E-state index >= 15 is 0 Å². The normalized spacial score (nSPS) is 20.2. The number of aliphatic hydroxyl groups is 1. The van der Waals surface area contributed by atoms with Crippen molar-refractivity contribution in [2.24, 2.45) is 5.92 Å². The quantitative estimate of drug-likeness (QED) is 0.290. The molecule has 6 nitrogen and oxygen atoms in total. The molecular weight excluding hydrogens is 555 g/mol. The van der Waals surface area contributed by atoms with Gasteiger partial charge in [0, 0.05) is 37.1 Å². The molecule has 0 atom stereocenters. The molecule has 2 aliphatic rings. The Morgan fingerprint density at radius 3 is 2.14 bits per heavy atom. The van der Waals surface area contributed by atoms with Crippen LogP contribution in [-0.2, 0) is 9.59 Å². The molecule has 43 heavy (non-hydrogen) atoms. The topological polar surface area (TPSA) is 82.5 Å². The fraction of sp³-hybridized carbons (Fsp3) is 0.412. The lowest BCUT2D eigenvalue weighted by atomic mass is 9.69. The summed E-state index contributed by atoms with van der Waals surface area (Å²) in [6.07, 6.45) is 0.945. The van der Waals surface area contributed by atoms with Crippen molar-refractivity contribution in [2.75, 3.05) is 11.9 Å². The van der Waals surface area contributed by atoms with E-state index in [2.05, 4.69) is 34.6 Å². The van der Waals surface area contributed by atoms with Gasteiger partial charge in [0.1, 0.15) is 12.4 Å². The summed E-state index contributed by atoms with van der Waals surface area (Å²) in [6.45, 7) is 1.78. The van der Waals surface area contributed by atoms with Crippen LogP contribution >= 0.6 is 0 Å². The van der Waals surface area contributed by atoms with E-state index in [1.54, 1.807) is 6.20 Å². The van der Waals surface area contributed by atoms with Gasteiger partial charge in [-0.05, 0) is 79.7 Å². The van der Waals surface area contributed by atoms with Crippen LogP contribution in [0.25, 0.3) is 22.3 Å². The lowest BCUT2D eigenvalue weighted by Gasteiger charge is -2.40. The zero-order valence-corrected chi connectivity index (χ0v) is 24.5. The molecule has 2 aromatic carbocycles. The van der Waals surface area contributed by atoms with Crippen LogP contribution in [0.4, 0.5) is 19.0 Å². The maximum absolute atomic E-state index is 13.0. The highest BCUT2D eigenvalue weighted by Gasteiger charge is 2.39. The number of anilines is 1. The van der Waals surface area contributed by atoms with Gasteiger partial charge >= 0.3 is 6.18 Å². The number of amides is 2. The molecule has 2 fully saturated rings. The highest BCUT2D eigenvalue weighted by molar-refractivity contribution is 5.92. The summed E-state index contributed by atoms with van der Waals surface area (Å²) in [6, 6.07) is 19.5. The van der Waals surface area contributed by atoms with Gasteiger partial charge in [-0.15, -0.1) is 0 Å². The van der Waals surface area contributed by atoms with Gasteiger partial charge in [0.15, 0.2) is 0 Å². The Morgan fingerprint density at radius 2 is 1.56 bits per heavy atom. The standard InChI is InChI=1S/C34H37F3N3O3/c1-22(41)40(21-34(35,36)37)28-14-8-23(9-15-28)16-32(42)39-31-17-29(25-6-4-3-5-7-25)30(20-38-31)26-12-10-24(11-13-26)27-18-33(2,43)19-27/h3-7,10-13,17,20,23,28,43H,8-9,14-16,18-19,21H2,1-2H3,(H,38,39,42)/t23-,28-. The number of carbonyl (C=O) groups is 2. The van der Waals surface area contributed by atoms with E-state index in [1.165, 1.54) is 12.8 Å². The summed E-state index contributed by atoms with van der Waals surface area (Å²) in [7, 11) is 0. The molecular formula is C34H37F3N3O3. The first-order chi connectivity index (χ1) is 20.4. The number of hydrogen-bond acceptors (Lipinski definition) is 4. The second kappa shape index (κ2) is 12.5. The maximum Gasteiger partial charge on any atom is 0.406 e. The van der Waals surface area contributed by atoms with Crippen LogP contribution in [0.3, 0.4) is 0 Å². The first-order valence-electron chi connectivity index (χ1n) is 14.7. The van der Waals surface area contributed by atoms with Gasteiger partial charge in [0.25, 0.3) is 0 Å². The average Bonchev–Trinajstić information content (AvgIpc) is 2.95. The molecule has 0 aliphatic heterocycles. The molecule has 1 heterocycles. The second-order valence-electron chi connectivity index (χ2n) is 12.2. The largest absolute Gasteiger partial charge is 0.406 e. The molecule has 0 bridgehead atoms. The predicted octanol–water partition coefficient (Wildman–Crippen LogP) is 7.18. The van der Waals surface area contributed by atoms with E-state index in [0.29, 0.717) is 44.3 Å². The summed E-state index contributed by atoms with van der Waals surface area (Å²) < 4.78 is 38.9. The Labute approximate surface area is 250 Å². The Balaban J connectivity index is 1.25. The van der Waals surface area contributed by atoms with Gasteiger partial charge in [0.2, 0.25) is 11.8 Å². The van der Waals surface area contributed by atoms with Crippen molar-refractivity contribution in [3.8, 4) is 22.3 Å². The van der Waals surface area contributed by atoms with E-state index < -0.39 is 30.3 Å². The fourth-order valence-corrected chi connectivity index (χ4v) is 6.37. The number of rotatable bonds is 8. The lowest BCUT2D eigenvalue weighted by molar-refractivity contribution is -0.166. The third-order valence-electron chi connectivity index (χ3n) is 8.53. The van der Waals surface area contributed by atoms with Crippen molar-refractivity contribution in [1.29, 1.82) is 0 Å². The van der Waals surface area contributed by atoms with Crippen molar-refractivity contribution in [3.05, 3.63) is 78.3 Å². The van der Waals surface area contributed by atoms with Gasteiger partial charge in [-0.1, -0.05) is 54.6 Å². The average molecular weight is 593 g/mol. The monoisotopic (exact) mass is 592 g/mol. The number of hydrogen-bond donors (Lipinski definition) is 2. The lowest BCUT2D eigenvalue weighted by Crippen LogP contribution is -2.46. The van der Waals surface area contributed by atoms with Crippen LogP contribution in [-0.4, -0.2) is 51.2 Å². The van der Waals surface area contributed by atoms with Crippen molar-refractivity contribution in [3.63, 3.8) is 0 Å². The molecule has 2 N–H and O–H groups in total. The molecule has 9 heteroatoms. The van der Waals surface area contributed by atoms with E-state index in [4.69, 9.17) is 0 Å². The molecule has 5 rings (SSSR count). The van der Waals surface area contributed by atoms with Gasteiger partial charge in [0.05, 0.1) is 5.60 Å². The predicted molar refractivity (Wildman–Crippen MR) is 160 cm³/mol. The highest BCUT2D eigenvalue weighted by Crippen LogP contribution is 2.44. The Bertz CT molecular complexity index is 1420. The third-order valence-corrected chi connectivity index (χ3v) is 8.53. The SMILES string of the molecule is CC(=O)N(CC(F)(F)F)[C@H]1CC[C@H](CC(=O)Nc2cc(-c3ccccc3)c(-c3ccc([C]4CC(C)(O)C4)cc3)cn2)CC1. The number of alkyl halides is 3. The number of aromatic nitrogens is 1. The molecule has 2 amide bonds. The zero-order valence-electron chi connectivity index (χ0n) is 24.5. The van der Waals surface area contributed by atoms with Crippen LogP contribution in [0, 0.1) is 11.8 Å². The van der Waals surface area contributed by atoms with Gasteiger partial charge < -0.3 is 15.3 Å². The third kappa shape index (κ3) is 7.82. The second-order valence-corrected chi connectivity index (χ2v) is 12.2. The number of halogens is 3. The summed E-state index contributed by atoms with van der Waals surface area (Å²) in [5.41, 5.74) is 4.32. The Morgan fingerprint density at radius 1 is 0.953 bits per heavy atom. The summed E-state index contributed by atoms with van der Waals surface area (Å²) in [5, 5.41) is 13.0. The van der Waals surface area contributed by atoms with Crippen molar-refractivity contribution in [1.82, 2.24) is 9.88 Å².